The molecule has 5 nitrogen and oxygen atoms in total. The molecule has 8 heteroatoms. The molecule has 0 aliphatic heterocycles. The van der Waals surface area contributed by atoms with Gasteiger partial charge in [0.1, 0.15) is 10.9 Å². The Labute approximate surface area is 274 Å². The normalized spacial score (nSPS) is 14.7. The maximum atomic E-state index is 14.7. The van der Waals surface area contributed by atoms with Crippen molar-refractivity contribution < 1.29 is 8.42 Å². The number of allylic oxidation sites excluding steroid dienone is 5. The largest absolute Gasteiger partial charge is 0.268 e. The molecule has 2 heterocycles. The first-order valence-corrected chi connectivity index (χ1v) is 17.3. The Morgan fingerprint density at radius 2 is 1.77 bits per heavy atom. The standard InChI is InChI=1S/C36H26IN3O2S2/c1-22-7-13-30(14-8-22)44(41,42)40-35-23(2)17-29(37)19-32(35)34(31-15-16-43-33(31)21-39)36(40)28-6-4-5-27(18-28)26-11-9-25(10-12-26)24(3)20-38/h4-17,19,27H,3,18H2,1-2H3. The molecule has 5 aromatic rings. The fourth-order valence-corrected chi connectivity index (χ4v) is 8.92. The van der Waals surface area contributed by atoms with Crippen LogP contribution in [-0.2, 0) is 10.0 Å². The van der Waals surface area contributed by atoms with Crippen LogP contribution in [0.5, 0.6) is 0 Å². The summed E-state index contributed by atoms with van der Waals surface area (Å²) in [4.78, 5) is 0.736. The number of aryl methyl sites for hydroxylation is 2. The first kappa shape index (κ1) is 29.8. The zero-order valence-electron chi connectivity index (χ0n) is 24.0. The van der Waals surface area contributed by atoms with Crippen molar-refractivity contribution in [3.05, 3.63) is 133 Å². The van der Waals surface area contributed by atoms with Gasteiger partial charge in [-0.15, -0.1) is 11.3 Å². The summed E-state index contributed by atoms with van der Waals surface area (Å²) in [6.45, 7) is 7.68. The van der Waals surface area contributed by atoms with E-state index in [1.165, 1.54) is 15.3 Å². The van der Waals surface area contributed by atoms with Crippen molar-refractivity contribution in [2.75, 3.05) is 0 Å². The molecule has 1 unspecified atom stereocenters. The molecule has 0 saturated carbocycles. The molecule has 216 valence electrons. The average molecular weight is 724 g/mol. The quantitative estimate of drug-likeness (QED) is 0.129. The van der Waals surface area contributed by atoms with Gasteiger partial charge in [0.05, 0.1) is 27.7 Å². The van der Waals surface area contributed by atoms with Crippen molar-refractivity contribution in [2.45, 2.75) is 31.1 Å². The number of halogens is 1. The topological polar surface area (TPSA) is 86.7 Å². The fourth-order valence-electron chi connectivity index (χ4n) is 5.83. The van der Waals surface area contributed by atoms with Crippen molar-refractivity contribution in [3.8, 4) is 23.3 Å². The molecule has 6 rings (SSSR count). The van der Waals surface area contributed by atoms with Crippen LogP contribution in [0.25, 0.3) is 33.2 Å². The number of hydrogen-bond donors (Lipinski definition) is 0. The lowest BCUT2D eigenvalue weighted by Gasteiger charge is -2.22. The Hall–Kier alpha value is -4.22. The molecule has 1 atom stereocenters. The van der Waals surface area contributed by atoms with E-state index in [2.05, 4.69) is 47.4 Å². The molecule has 0 N–H and O–H groups in total. The van der Waals surface area contributed by atoms with Gasteiger partial charge in [-0.25, -0.2) is 12.4 Å². The number of thiophene rings is 1. The van der Waals surface area contributed by atoms with Crippen LogP contribution in [0.3, 0.4) is 0 Å². The van der Waals surface area contributed by atoms with Crippen LogP contribution in [0.4, 0.5) is 0 Å². The molecule has 0 amide bonds. The molecule has 0 bridgehead atoms. The molecule has 44 heavy (non-hydrogen) atoms. The number of nitrogens with zero attached hydrogens (tertiary/aromatic N) is 3. The van der Waals surface area contributed by atoms with E-state index >= 15 is 0 Å². The number of benzene rings is 3. The second kappa shape index (κ2) is 11.7. The molecule has 1 aliphatic carbocycles. The van der Waals surface area contributed by atoms with Crippen molar-refractivity contribution in [1.29, 1.82) is 10.5 Å². The molecule has 0 saturated heterocycles. The highest BCUT2D eigenvalue weighted by molar-refractivity contribution is 14.1. The summed E-state index contributed by atoms with van der Waals surface area (Å²) in [6.07, 6.45) is 6.62. The van der Waals surface area contributed by atoms with Gasteiger partial charge in [-0.3, -0.25) is 0 Å². The number of rotatable bonds is 6. The maximum Gasteiger partial charge on any atom is 0.268 e. The average Bonchev–Trinajstić information content (AvgIpc) is 3.63. The van der Waals surface area contributed by atoms with E-state index in [1.54, 1.807) is 12.1 Å². The zero-order chi connectivity index (χ0) is 31.2. The van der Waals surface area contributed by atoms with E-state index in [9.17, 15) is 18.9 Å². The van der Waals surface area contributed by atoms with Gasteiger partial charge in [-0.1, -0.05) is 66.8 Å². The molecule has 0 fully saturated rings. The van der Waals surface area contributed by atoms with Crippen LogP contribution >= 0.6 is 33.9 Å². The van der Waals surface area contributed by atoms with Crippen LogP contribution in [0.1, 0.15) is 45.2 Å². The summed E-state index contributed by atoms with van der Waals surface area (Å²) in [6, 6.07) is 25.1. The number of fused-ring (bicyclic) bond motifs is 1. The van der Waals surface area contributed by atoms with E-state index in [-0.39, 0.29) is 10.8 Å². The SMILES string of the molecule is C=C(C#N)c1ccc(C2C=CC=C(c3c(-c4ccsc4C#N)c4cc(I)cc(C)c4n3S(=O)(=O)c3ccc(C)cc3)C2)cc1. The molecule has 2 aromatic heterocycles. The minimum Gasteiger partial charge on any atom is -0.233 e. The Balaban J connectivity index is 1.64. The lowest BCUT2D eigenvalue weighted by molar-refractivity contribution is 0.588. The van der Waals surface area contributed by atoms with E-state index in [0.29, 0.717) is 28.1 Å². The van der Waals surface area contributed by atoms with Gasteiger partial charge in [0, 0.05) is 26.0 Å². The summed E-state index contributed by atoms with van der Waals surface area (Å²) < 4.78 is 31.9. The number of aromatic nitrogens is 1. The maximum absolute atomic E-state index is 14.7. The zero-order valence-corrected chi connectivity index (χ0v) is 27.8. The van der Waals surface area contributed by atoms with Gasteiger partial charge in [-0.2, -0.15) is 10.5 Å². The van der Waals surface area contributed by atoms with E-state index in [1.807, 2.05) is 86.0 Å². The highest BCUT2D eigenvalue weighted by Crippen LogP contribution is 2.47. The van der Waals surface area contributed by atoms with Gasteiger partial charge < -0.3 is 0 Å². The van der Waals surface area contributed by atoms with Gasteiger partial charge in [0.25, 0.3) is 10.0 Å². The molecule has 0 spiro atoms. The molecular weight excluding hydrogens is 697 g/mol. The van der Waals surface area contributed by atoms with Crippen molar-refractivity contribution in [1.82, 2.24) is 3.97 Å². The third-order valence-corrected chi connectivity index (χ3v) is 11.1. The van der Waals surface area contributed by atoms with Gasteiger partial charge in [-0.05, 0) is 101 Å². The van der Waals surface area contributed by atoms with Crippen molar-refractivity contribution in [2.24, 2.45) is 0 Å². The van der Waals surface area contributed by atoms with Crippen LogP contribution in [0.2, 0.25) is 0 Å². The Bertz CT molecular complexity index is 2220. The Morgan fingerprint density at radius 3 is 2.45 bits per heavy atom. The second-order valence-electron chi connectivity index (χ2n) is 10.8. The second-order valence-corrected chi connectivity index (χ2v) is 14.7. The smallest absolute Gasteiger partial charge is 0.233 e. The van der Waals surface area contributed by atoms with Crippen molar-refractivity contribution in [3.63, 3.8) is 0 Å². The van der Waals surface area contributed by atoms with Crippen LogP contribution in [-0.4, -0.2) is 12.4 Å². The monoisotopic (exact) mass is 723 g/mol. The summed E-state index contributed by atoms with van der Waals surface area (Å²) in [7, 11) is -4.06. The number of nitriles is 2. The lowest BCUT2D eigenvalue weighted by atomic mass is 9.85. The molecule has 3 aromatic carbocycles. The van der Waals surface area contributed by atoms with Crippen LogP contribution in [0, 0.1) is 40.1 Å². The first-order valence-electron chi connectivity index (χ1n) is 13.9. The van der Waals surface area contributed by atoms with Crippen LogP contribution in [0.15, 0.2) is 102 Å². The van der Waals surface area contributed by atoms with Gasteiger partial charge >= 0.3 is 0 Å². The third kappa shape index (κ3) is 5.13. The Kier molecular flexibility index (Phi) is 7.93. The van der Waals surface area contributed by atoms with Crippen LogP contribution < -0.4 is 0 Å². The third-order valence-electron chi connectivity index (χ3n) is 7.98. The predicted molar refractivity (Wildman–Crippen MR) is 187 cm³/mol. The van der Waals surface area contributed by atoms with Gasteiger partial charge in [0.15, 0.2) is 0 Å². The minimum atomic E-state index is -4.06. The Morgan fingerprint density at radius 1 is 1.05 bits per heavy atom. The first-order chi connectivity index (χ1) is 21.1. The molecule has 1 aliphatic rings. The van der Waals surface area contributed by atoms with E-state index in [0.717, 1.165) is 47.9 Å². The van der Waals surface area contributed by atoms with Crippen molar-refractivity contribution >= 4 is 66.0 Å². The summed E-state index contributed by atoms with van der Waals surface area (Å²) in [5, 5.41) is 22.0. The summed E-state index contributed by atoms with van der Waals surface area (Å²) >= 11 is 3.61. The highest BCUT2D eigenvalue weighted by Gasteiger charge is 2.33. The van der Waals surface area contributed by atoms with Gasteiger partial charge in [0.2, 0.25) is 0 Å². The minimum absolute atomic E-state index is 0.0278. The predicted octanol–water partition coefficient (Wildman–Crippen LogP) is 9.36. The summed E-state index contributed by atoms with van der Waals surface area (Å²) in [5.74, 6) is -0.0278. The fraction of sp³-hybridized carbons (Fsp3) is 0.111. The highest BCUT2D eigenvalue weighted by atomic mass is 127. The number of hydrogen-bond acceptors (Lipinski definition) is 5. The molecular formula is C36H26IN3O2S2. The molecule has 0 radical (unpaired) electrons. The lowest BCUT2D eigenvalue weighted by Crippen LogP contribution is -2.17. The van der Waals surface area contributed by atoms with E-state index < -0.39 is 10.0 Å². The van der Waals surface area contributed by atoms with E-state index in [4.69, 9.17) is 0 Å². The summed E-state index contributed by atoms with van der Waals surface area (Å²) in [5.41, 5.74) is 7.53.